The molecule has 0 saturated heterocycles. The van der Waals surface area contributed by atoms with Gasteiger partial charge in [-0.15, -0.1) is 0 Å². The van der Waals surface area contributed by atoms with E-state index in [0.717, 1.165) is 18.5 Å². The minimum Gasteiger partial charge on any atom is -0.324 e. The highest BCUT2D eigenvalue weighted by atomic mass is 15.0. The zero-order valence-electron chi connectivity index (χ0n) is 12.8. The molecule has 3 rings (SSSR count). The number of fused-ring (bicyclic) bond motifs is 1. The zero-order valence-corrected chi connectivity index (χ0v) is 12.8. The SMILES string of the molecule is Cc1cncc(-n2c(C)cc3c2CC(C)(C)CC3N)c1. The minimum atomic E-state index is 0.145. The van der Waals surface area contributed by atoms with E-state index in [2.05, 4.69) is 49.4 Å². The third-order valence-electron chi connectivity index (χ3n) is 4.26. The van der Waals surface area contributed by atoms with Gasteiger partial charge in [0.1, 0.15) is 0 Å². The van der Waals surface area contributed by atoms with E-state index in [1.165, 1.54) is 22.5 Å². The second kappa shape index (κ2) is 4.45. The Bertz CT molecular complexity index is 652. The number of rotatable bonds is 1. The van der Waals surface area contributed by atoms with Crippen molar-refractivity contribution in [2.24, 2.45) is 11.1 Å². The van der Waals surface area contributed by atoms with Crippen LogP contribution in [0.5, 0.6) is 0 Å². The molecule has 2 aromatic heterocycles. The van der Waals surface area contributed by atoms with E-state index in [0.29, 0.717) is 0 Å². The van der Waals surface area contributed by atoms with E-state index in [1.54, 1.807) is 0 Å². The molecular weight excluding hydrogens is 246 g/mol. The molecule has 0 spiro atoms. The smallest absolute Gasteiger partial charge is 0.0641 e. The molecule has 20 heavy (non-hydrogen) atoms. The summed E-state index contributed by atoms with van der Waals surface area (Å²) < 4.78 is 2.33. The van der Waals surface area contributed by atoms with Gasteiger partial charge in [-0.1, -0.05) is 13.8 Å². The van der Waals surface area contributed by atoms with Crippen LogP contribution in [0.3, 0.4) is 0 Å². The highest BCUT2D eigenvalue weighted by molar-refractivity contribution is 5.44. The first-order chi connectivity index (χ1) is 9.37. The number of aryl methyl sites for hydroxylation is 2. The van der Waals surface area contributed by atoms with Gasteiger partial charge in [0, 0.05) is 23.6 Å². The first-order valence-electron chi connectivity index (χ1n) is 7.26. The Morgan fingerprint density at radius 3 is 2.70 bits per heavy atom. The van der Waals surface area contributed by atoms with Gasteiger partial charge < -0.3 is 10.3 Å². The Labute approximate surface area is 120 Å². The lowest BCUT2D eigenvalue weighted by molar-refractivity contribution is 0.278. The van der Waals surface area contributed by atoms with Crippen LogP contribution in [0, 0.1) is 19.3 Å². The van der Waals surface area contributed by atoms with Crippen LogP contribution in [-0.4, -0.2) is 9.55 Å². The molecule has 1 aliphatic carbocycles. The standard InChI is InChI=1S/C17H23N3/c1-11-5-13(10-19-9-11)20-12(2)6-14-15(18)7-17(3,4)8-16(14)20/h5-6,9-10,15H,7-8,18H2,1-4H3. The van der Waals surface area contributed by atoms with Crippen molar-refractivity contribution in [3.8, 4) is 5.69 Å². The number of hydrogen-bond acceptors (Lipinski definition) is 2. The molecule has 0 aromatic carbocycles. The average molecular weight is 269 g/mol. The number of hydrogen-bond donors (Lipinski definition) is 1. The number of nitrogens with zero attached hydrogens (tertiary/aromatic N) is 2. The largest absolute Gasteiger partial charge is 0.324 e. The van der Waals surface area contributed by atoms with Gasteiger partial charge in [0.2, 0.25) is 0 Å². The predicted octanol–water partition coefficient (Wildman–Crippen LogP) is 3.46. The maximum atomic E-state index is 6.38. The summed E-state index contributed by atoms with van der Waals surface area (Å²) in [5.74, 6) is 0. The van der Waals surface area contributed by atoms with Gasteiger partial charge in [-0.2, -0.15) is 0 Å². The Balaban J connectivity index is 2.19. The molecule has 0 aliphatic heterocycles. The van der Waals surface area contributed by atoms with Crippen LogP contribution >= 0.6 is 0 Å². The Morgan fingerprint density at radius 1 is 1.25 bits per heavy atom. The van der Waals surface area contributed by atoms with E-state index in [4.69, 9.17) is 5.73 Å². The number of aromatic nitrogens is 2. The van der Waals surface area contributed by atoms with Gasteiger partial charge in [0.05, 0.1) is 11.9 Å². The van der Waals surface area contributed by atoms with Crippen LogP contribution in [0.15, 0.2) is 24.5 Å². The Morgan fingerprint density at radius 2 is 2.00 bits per heavy atom. The summed E-state index contributed by atoms with van der Waals surface area (Å²) in [4.78, 5) is 4.33. The van der Waals surface area contributed by atoms with Gasteiger partial charge in [-0.3, -0.25) is 4.98 Å². The average Bonchev–Trinajstić information content (AvgIpc) is 2.64. The molecule has 3 nitrogen and oxygen atoms in total. The fraction of sp³-hybridized carbons (Fsp3) is 0.471. The minimum absolute atomic E-state index is 0.145. The molecule has 2 aromatic rings. The number of pyridine rings is 1. The summed E-state index contributed by atoms with van der Waals surface area (Å²) in [6.07, 6.45) is 5.95. The van der Waals surface area contributed by atoms with Crippen molar-refractivity contribution in [2.45, 2.75) is 46.6 Å². The van der Waals surface area contributed by atoms with Gasteiger partial charge in [-0.05, 0) is 55.4 Å². The van der Waals surface area contributed by atoms with E-state index in [9.17, 15) is 0 Å². The van der Waals surface area contributed by atoms with Crippen LogP contribution in [0.1, 0.15) is 48.8 Å². The highest BCUT2D eigenvalue weighted by Gasteiger charge is 2.33. The van der Waals surface area contributed by atoms with Crippen LogP contribution < -0.4 is 5.73 Å². The van der Waals surface area contributed by atoms with Gasteiger partial charge in [0.15, 0.2) is 0 Å². The van der Waals surface area contributed by atoms with Crippen molar-refractivity contribution in [1.82, 2.24) is 9.55 Å². The summed E-state index contributed by atoms with van der Waals surface area (Å²) in [6.45, 7) is 8.84. The Hall–Kier alpha value is -1.61. The molecule has 0 fully saturated rings. The molecule has 3 heteroatoms. The summed E-state index contributed by atoms with van der Waals surface area (Å²) in [5, 5.41) is 0. The first-order valence-corrected chi connectivity index (χ1v) is 7.26. The van der Waals surface area contributed by atoms with Crippen molar-refractivity contribution in [1.29, 1.82) is 0 Å². The highest BCUT2D eigenvalue weighted by Crippen LogP contribution is 2.41. The fourth-order valence-corrected chi connectivity index (χ4v) is 3.47. The van der Waals surface area contributed by atoms with Gasteiger partial charge >= 0.3 is 0 Å². The lowest BCUT2D eigenvalue weighted by Crippen LogP contribution is -2.30. The first kappa shape index (κ1) is 13.4. The molecule has 1 unspecified atom stereocenters. The topological polar surface area (TPSA) is 43.8 Å². The molecular formula is C17H23N3. The molecule has 106 valence electrons. The second-order valence-electron chi connectivity index (χ2n) is 6.90. The van der Waals surface area contributed by atoms with E-state index in [-0.39, 0.29) is 11.5 Å². The van der Waals surface area contributed by atoms with Crippen LogP contribution in [0.2, 0.25) is 0 Å². The molecule has 1 aliphatic rings. The second-order valence-corrected chi connectivity index (χ2v) is 6.90. The van der Waals surface area contributed by atoms with E-state index in [1.807, 2.05) is 12.4 Å². The monoisotopic (exact) mass is 269 g/mol. The Kier molecular flexibility index (Phi) is 2.98. The van der Waals surface area contributed by atoms with E-state index < -0.39 is 0 Å². The third kappa shape index (κ3) is 2.16. The summed E-state index contributed by atoms with van der Waals surface area (Å²) in [7, 11) is 0. The molecule has 1 atom stereocenters. The van der Waals surface area contributed by atoms with Crippen molar-refractivity contribution in [3.05, 3.63) is 47.0 Å². The van der Waals surface area contributed by atoms with Crippen molar-refractivity contribution >= 4 is 0 Å². The van der Waals surface area contributed by atoms with Crippen molar-refractivity contribution < 1.29 is 0 Å². The van der Waals surface area contributed by atoms with Crippen LogP contribution in [-0.2, 0) is 6.42 Å². The summed E-state index contributed by atoms with van der Waals surface area (Å²) in [5.41, 5.74) is 12.9. The van der Waals surface area contributed by atoms with Crippen LogP contribution in [0.4, 0.5) is 0 Å². The lowest BCUT2D eigenvalue weighted by atomic mass is 9.74. The zero-order chi connectivity index (χ0) is 14.5. The molecule has 2 heterocycles. The van der Waals surface area contributed by atoms with Gasteiger partial charge in [-0.25, -0.2) is 0 Å². The summed E-state index contributed by atoms with van der Waals surface area (Å²) in [6, 6.07) is 4.58. The van der Waals surface area contributed by atoms with E-state index >= 15 is 0 Å². The molecule has 0 radical (unpaired) electrons. The molecule has 0 bridgehead atoms. The van der Waals surface area contributed by atoms with Gasteiger partial charge in [0.25, 0.3) is 0 Å². The van der Waals surface area contributed by atoms with Crippen molar-refractivity contribution in [2.75, 3.05) is 0 Å². The van der Waals surface area contributed by atoms with Crippen molar-refractivity contribution in [3.63, 3.8) is 0 Å². The predicted molar refractivity (Wildman–Crippen MR) is 82.1 cm³/mol. The molecule has 2 N–H and O–H groups in total. The molecule has 0 saturated carbocycles. The summed E-state index contributed by atoms with van der Waals surface area (Å²) >= 11 is 0. The fourth-order valence-electron chi connectivity index (χ4n) is 3.47. The maximum Gasteiger partial charge on any atom is 0.0641 e. The van der Waals surface area contributed by atoms with Crippen LogP contribution in [0.25, 0.3) is 5.69 Å². The molecule has 0 amide bonds. The third-order valence-corrected chi connectivity index (χ3v) is 4.26. The lowest BCUT2D eigenvalue weighted by Gasteiger charge is -2.34. The maximum absolute atomic E-state index is 6.38. The number of nitrogens with two attached hydrogens (primary N) is 1. The quantitative estimate of drug-likeness (QED) is 0.861. The normalized spacial score (nSPS) is 20.8.